The van der Waals surface area contributed by atoms with E-state index in [2.05, 4.69) is 4.98 Å². The van der Waals surface area contributed by atoms with E-state index in [1.165, 1.54) is 6.07 Å². The average molecular weight is 261 g/mol. The Hall–Kier alpha value is -2.01. The summed E-state index contributed by atoms with van der Waals surface area (Å²) < 4.78 is 13.7. The third-order valence-electron chi connectivity index (χ3n) is 2.64. The lowest BCUT2D eigenvalue weighted by molar-refractivity contribution is 0.627. The molecular formula is C13H12FN3S. The Morgan fingerprint density at radius 2 is 2.00 bits per heavy atom. The van der Waals surface area contributed by atoms with Crippen molar-refractivity contribution in [2.24, 2.45) is 5.73 Å². The van der Waals surface area contributed by atoms with Crippen molar-refractivity contribution in [2.75, 3.05) is 11.9 Å². The molecule has 3 nitrogen and oxygen atoms in total. The number of hydrogen-bond donors (Lipinski definition) is 1. The third-order valence-corrected chi connectivity index (χ3v) is 2.86. The van der Waals surface area contributed by atoms with Crippen molar-refractivity contribution >= 4 is 28.6 Å². The number of aromatic nitrogens is 1. The fraction of sp³-hybridized carbons (Fsp3) is 0.0769. The SMILES string of the molecule is CN(c1ccccc1F)c1cnccc1C(N)=S. The van der Waals surface area contributed by atoms with Gasteiger partial charge in [0, 0.05) is 18.8 Å². The fourth-order valence-corrected chi connectivity index (χ4v) is 1.89. The van der Waals surface area contributed by atoms with Crippen LogP contribution in [-0.4, -0.2) is 17.0 Å². The molecule has 0 aliphatic rings. The van der Waals surface area contributed by atoms with E-state index in [1.807, 2.05) is 0 Å². The lowest BCUT2D eigenvalue weighted by Gasteiger charge is -2.22. The molecule has 2 N–H and O–H groups in total. The molecule has 2 aromatic rings. The van der Waals surface area contributed by atoms with E-state index in [4.69, 9.17) is 18.0 Å². The number of pyridine rings is 1. The van der Waals surface area contributed by atoms with Gasteiger partial charge in [0.25, 0.3) is 0 Å². The van der Waals surface area contributed by atoms with Crippen LogP contribution in [-0.2, 0) is 0 Å². The van der Waals surface area contributed by atoms with Gasteiger partial charge in [0.05, 0.1) is 17.6 Å². The van der Waals surface area contributed by atoms with Gasteiger partial charge in [-0.3, -0.25) is 4.98 Å². The second-order valence-corrected chi connectivity index (χ2v) is 4.21. The highest BCUT2D eigenvalue weighted by Crippen LogP contribution is 2.27. The molecule has 1 aromatic heterocycles. The molecule has 0 spiro atoms. The first-order valence-electron chi connectivity index (χ1n) is 5.33. The molecule has 0 aliphatic carbocycles. The summed E-state index contributed by atoms with van der Waals surface area (Å²) in [7, 11) is 1.75. The lowest BCUT2D eigenvalue weighted by Crippen LogP contribution is -2.18. The number of halogens is 1. The average Bonchev–Trinajstić information content (AvgIpc) is 2.38. The standard InChI is InChI=1S/C13H12FN3S/c1-17(11-5-3-2-4-10(11)14)12-8-16-7-6-9(12)13(15)18/h2-8H,1H3,(H2,15,18). The van der Waals surface area contributed by atoms with Crippen LogP contribution in [0.1, 0.15) is 5.56 Å². The van der Waals surface area contributed by atoms with E-state index in [0.717, 1.165) is 0 Å². The fourth-order valence-electron chi connectivity index (χ4n) is 1.72. The Balaban J connectivity index is 2.50. The molecule has 0 saturated carbocycles. The summed E-state index contributed by atoms with van der Waals surface area (Å²) in [6.07, 6.45) is 3.22. The van der Waals surface area contributed by atoms with Crippen LogP contribution in [0.4, 0.5) is 15.8 Å². The molecule has 0 aliphatic heterocycles. The molecule has 18 heavy (non-hydrogen) atoms. The Labute approximate surface area is 110 Å². The summed E-state index contributed by atoms with van der Waals surface area (Å²) in [5.41, 5.74) is 7.45. The van der Waals surface area contributed by atoms with Crippen LogP contribution in [0, 0.1) is 5.82 Å². The number of benzene rings is 1. The van der Waals surface area contributed by atoms with Crippen molar-refractivity contribution < 1.29 is 4.39 Å². The van der Waals surface area contributed by atoms with Gasteiger partial charge in [0.1, 0.15) is 10.8 Å². The summed E-state index contributed by atoms with van der Waals surface area (Å²) >= 11 is 4.98. The van der Waals surface area contributed by atoms with Gasteiger partial charge < -0.3 is 10.6 Å². The van der Waals surface area contributed by atoms with E-state index >= 15 is 0 Å². The predicted octanol–water partition coefficient (Wildman–Crippen LogP) is 2.62. The summed E-state index contributed by atoms with van der Waals surface area (Å²) in [6, 6.07) is 8.22. The zero-order valence-electron chi connectivity index (χ0n) is 9.80. The molecule has 0 radical (unpaired) electrons. The summed E-state index contributed by atoms with van der Waals surface area (Å²) in [5.74, 6) is -0.308. The van der Waals surface area contributed by atoms with Gasteiger partial charge in [-0.15, -0.1) is 0 Å². The summed E-state index contributed by atoms with van der Waals surface area (Å²) in [4.78, 5) is 5.96. The zero-order valence-corrected chi connectivity index (χ0v) is 10.6. The largest absolute Gasteiger partial charge is 0.389 e. The van der Waals surface area contributed by atoms with Crippen molar-refractivity contribution in [1.29, 1.82) is 0 Å². The minimum absolute atomic E-state index is 0.260. The Morgan fingerprint density at radius 3 is 2.67 bits per heavy atom. The normalized spacial score (nSPS) is 10.1. The van der Waals surface area contributed by atoms with Crippen LogP contribution in [0.25, 0.3) is 0 Å². The Bertz CT molecular complexity index is 586. The molecule has 0 atom stereocenters. The van der Waals surface area contributed by atoms with Gasteiger partial charge in [-0.05, 0) is 18.2 Å². The number of nitrogens with zero attached hydrogens (tertiary/aromatic N) is 2. The van der Waals surface area contributed by atoms with Gasteiger partial charge in [-0.1, -0.05) is 24.4 Å². The molecule has 0 saturated heterocycles. The number of para-hydroxylation sites is 1. The Kier molecular flexibility index (Phi) is 3.53. The van der Waals surface area contributed by atoms with E-state index in [-0.39, 0.29) is 10.8 Å². The molecule has 0 fully saturated rings. The maximum absolute atomic E-state index is 13.7. The second-order valence-electron chi connectivity index (χ2n) is 3.77. The van der Waals surface area contributed by atoms with E-state index in [0.29, 0.717) is 16.9 Å². The number of anilines is 2. The van der Waals surface area contributed by atoms with Crippen molar-refractivity contribution in [1.82, 2.24) is 4.98 Å². The topological polar surface area (TPSA) is 42.2 Å². The van der Waals surface area contributed by atoms with E-state index in [1.54, 1.807) is 48.6 Å². The second kappa shape index (κ2) is 5.10. The summed E-state index contributed by atoms with van der Waals surface area (Å²) in [6.45, 7) is 0. The summed E-state index contributed by atoms with van der Waals surface area (Å²) in [5, 5.41) is 0. The van der Waals surface area contributed by atoms with Gasteiger partial charge in [-0.25, -0.2) is 4.39 Å². The smallest absolute Gasteiger partial charge is 0.146 e. The Morgan fingerprint density at radius 1 is 1.28 bits per heavy atom. The molecule has 2 rings (SSSR count). The first-order valence-corrected chi connectivity index (χ1v) is 5.74. The van der Waals surface area contributed by atoms with Crippen molar-refractivity contribution in [2.45, 2.75) is 0 Å². The highest BCUT2D eigenvalue weighted by atomic mass is 32.1. The maximum Gasteiger partial charge on any atom is 0.146 e. The van der Waals surface area contributed by atoms with Crippen LogP contribution in [0.2, 0.25) is 0 Å². The molecule has 92 valence electrons. The number of nitrogens with two attached hydrogens (primary N) is 1. The third kappa shape index (κ3) is 2.31. The van der Waals surface area contributed by atoms with Crippen LogP contribution < -0.4 is 10.6 Å². The van der Waals surface area contributed by atoms with E-state index in [9.17, 15) is 4.39 Å². The van der Waals surface area contributed by atoms with Crippen molar-refractivity contribution in [3.05, 3.63) is 54.1 Å². The van der Waals surface area contributed by atoms with Gasteiger partial charge in [0.15, 0.2) is 0 Å². The molecular weight excluding hydrogens is 249 g/mol. The van der Waals surface area contributed by atoms with Crippen LogP contribution in [0.15, 0.2) is 42.7 Å². The molecule has 0 unspecified atom stereocenters. The quantitative estimate of drug-likeness (QED) is 0.862. The molecule has 1 aromatic carbocycles. The van der Waals surface area contributed by atoms with Crippen molar-refractivity contribution in [3.63, 3.8) is 0 Å². The first kappa shape index (κ1) is 12.4. The molecule has 5 heteroatoms. The van der Waals surface area contributed by atoms with Gasteiger partial charge in [-0.2, -0.15) is 0 Å². The zero-order chi connectivity index (χ0) is 13.1. The first-order chi connectivity index (χ1) is 8.61. The van der Waals surface area contributed by atoms with Gasteiger partial charge >= 0.3 is 0 Å². The number of thiocarbonyl (C=S) groups is 1. The number of hydrogen-bond acceptors (Lipinski definition) is 3. The maximum atomic E-state index is 13.7. The van der Waals surface area contributed by atoms with Crippen LogP contribution >= 0.6 is 12.2 Å². The highest BCUT2D eigenvalue weighted by Gasteiger charge is 2.13. The van der Waals surface area contributed by atoms with Crippen LogP contribution in [0.3, 0.4) is 0 Å². The van der Waals surface area contributed by atoms with Crippen molar-refractivity contribution in [3.8, 4) is 0 Å². The highest BCUT2D eigenvalue weighted by molar-refractivity contribution is 7.80. The van der Waals surface area contributed by atoms with Crippen LogP contribution in [0.5, 0.6) is 0 Å². The molecule has 0 bridgehead atoms. The predicted molar refractivity (Wildman–Crippen MR) is 74.6 cm³/mol. The van der Waals surface area contributed by atoms with Gasteiger partial charge in [0.2, 0.25) is 0 Å². The monoisotopic (exact) mass is 261 g/mol. The lowest BCUT2D eigenvalue weighted by atomic mass is 10.2. The van der Waals surface area contributed by atoms with E-state index < -0.39 is 0 Å². The minimum atomic E-state index is -0.308. The molecule has 0 amide bonds. The molecule has 1 heterocycles. The minimum Gasteiger partial charge on any atom is -0.389 e. The number of rotatable bonds is 3.